The summed E-state index contributed by atoms with van der Waals surface area (Å²) in [6, 6.07) is 5.28. The van der Waals surface area contributed by atoms with Crippen molar-refractivity contribution in [2.24, 2.45) is 5.92 Å². The highest BCUT2D eigenvalue weighted by Crippen LogP contribution is 2.24. The smallest absolute Gasteiger partial charge is 0.315 e. The minimum atomic E-state index is -0.763. The number of carbonyl (C=O) groups excluding carboxylic acids is 1. The first-order chi connectivity index (χ1) is 11.4. The number of rotatable bonds is 6. The van der Waals surface area contributed by atoms with Crippen LogP contribution in [-0.2, 0) is 4.79 Å². The van der Waals surface area contributed by atoms with Crippen LogP contribution in [0.3, 0.4) is 0 Å². The molecule has 0 bridgehead atoms. The number of halogens is 1. The van der Waals surface area contributed by atoms with Crippen LogP contribution in [0, 0.1) is 11.7 Å². The molecule has 1 fully saturated rings. The van der Waals surface area contributed by atoms with E-state index in [0.717, 1.165) is 0 Å². The monoisotopic (exact) mass is 338 g/mol. The van der Waals surface area contributed by atoms with Crippen molar-refractivity contribution in [3.8, 4) is 5.75 Å². The van der Waals surface area contributed by atoms with E-state index in [-0.39, 0.29) is 36.5 Å². The average Bonchev–Trinajstić information content (AvgIpc) is 2.53. The van der Waals surface area contributed by atoms with Crippen LogP contribution >= 0.6 is 0 Å². The number of urea groups is 1. The predicted molar refractivity (Wildman–Crippen MR) is 86.4 cm³/mol. The van der Waals surface area contributed by atoms with E-state index in [1.54, 1.807) is 19.1 Å². The van der Waals surface area contributed by atoms with Gasteiger partial charge >= 0.3 is 12.0 Å². The van der Waals surface area contributed by atoms with E-state index < -0.39 is 5.97 Å². The number of amides is 2. The highest BCUT2D eigenvalue weighted by Gasteiger charge is 2.26. The van der Waals surface area contributed by atoms with E-state index in [9.17, 15) is 14.0 Å². The molecule has 1 atom stereocenters. The Balaban J connectivity index is 1.67. The summed E-state index contributed by atoms with van der Waals surface area (Å²) in [7, 11) is 0. The van der Waals surface area contributed by atoms with Gasteiger partial charge in [-0.05, 0) is 44.7 Å². The summed E-state index contributed by atoms with van der Waals surface area (Å²) in [5, 5.41) is 14.6. The lowest BCUT2D eigenvalue weighted by Gasteiger charge is -2.27. The molecule has 0 spiro atoms. The Hall–Kier alpha value is -2.31. The van der Waals surface area contributed by atoms with E-state index in [4.69, 9.17) is 9.84 Å². The van der Waals surface area contributed by atoms with Crippen molar-refractivity contribution in [2.45, 2.75) is 44.7 Å². The van der Waals surface area contributed by atoms with Crippen LogP contribution in [0.5, 0.6) is 5.75 Å². The highest BCUT2D eigenvalue weighted by molar-refractivity contribution is 5.74. The molecule has 1 saturated carbocycles. The van der Waals surface area contributed by atoms with E-state index in [1.165, 1.54) is 12.1 Å². The molecular formula is C17H23FN2O4. The topological polar surface area (TPSA) is 87.7 Å². The van der Waals surface area contributed by atoms with Gasteiger partial charge < -0.3 is 20.5 Å². The fraction of sp³-hybridized carbons (Fsp3) is 0.529. The Labute approximate surface area is 140 Å². The zero-order valence-electron chi connectivity index (χ0n) is 13.6. The average molecular weight is 338 g/mol. The first-order valence-corrected chi connectivity index (χ1v) is 8.12. The number of hydrogen-bond acceptors (Lipinski definition) is 3. The number of ether oxygens (including phenoxy) is 1. The van der Waals surface area contributed by atoms with Crippen LogP contribution in [0.15, 0.2) is 24.3 Å². The van der Waals surface area contributed by atoms with Gasteiger partial charge in [-0.25, -0.2) is 9.18 Å². The molecule has 1 aromatic carbocycles. The van der Waals surface area contributed by atoms with Crippen LogP contribution in [0.1, 0.15) is 32.6 Å². The Bertz CT molecular complexity index is 573. The molecule has 1 aromatic rings. The van der Waals surface area contributed by atoms with Crippen molar-refractivity contribution in [1.82, 2.24) is 10.6 Å². The van der Waals surface area contributed by atoms with Crippen molar-refractivity contribution in [3.05, 3.63) is 30.1 Å². The van der Waals surface area contributed by atoms with Crippen LogP contribution in [0.25, 0.3) is 0 Å². The molecule has 2 rings (SSSR count). The first kappa shape index (κ1) is 18.0. The maximum absolute atomic E-state index is 13.0. The van der Waals surface area contributed by atoms with Crippen LogP contribution in [0.2, 0.25) is 0 Å². The molecule has 0 heterocycles. The Kier molecular flexibility index (Phi) is 6.40. The number of aliphatic carboxylic acids is 1. The second-order valence-corrected chi connectivity index (χ2v) is 6.17. The third kappa shape index (κ3) is 5.72. The van der Waals surface area contributed by atoms with E-state index in [2.05, 4.69) is 10.6 Å². The summed E-state index contributed by atoms with van der Waals surface area (Å²) >= 11 is 0. The lowest BCUT2D eigenvalue weighted by Crippen LogP contribution is -2.48. The van der Waals surface area contributed by atoms with Crippen LogP contribution < -0.4 is 15.4 Å². The Morgan fingerprint density at radius 3 is 2.67 bits per heavy atom. The normalized spacial score (nSPS) is 21.6. The van der Waals surface area contributed by atoms with Gasteiger partial charge in [0.2, 0.25) is 0 Å². The van der Waals surface area contributed by atoms with Gasteiger partial charge in [0.05, 0.1) is 12.0 Å². The number of carboxylic acid groups (broad SMARTS) is 1. The van der Waals surface area contributed by atoms with Crippen LogP contribution in [0.4, 0.5) is 9.18 Å². The molecule has 6 nitrogen and oxygen atoms in total. The van der Waals surface area contributed by atoms with Crippen molar-refractivity contribution in [3.63, 3.8) is 0 Å². The fourth-order valence-electron chi connectivity index (χ4n) is 2.76. The number of carboxylic acids is 1. The van der Waals surface area contributed by atoms with Gasteiger partial charge in [-0.15, -0.1) is 0 Å². The third-order valence-corrected chi connectivity index (χ3v) is 4.09. The molecule has 7 heteroatoms. The van der Waals surface area contributed by atoms with Gasteiger partial charge in [-0.3, -0.25) is 4.79 Å². The molecule has 0 aromatic heterocycles. The molecular weight excluding hydrogens is 315 g/mol. The molecule has 1 aliphatic carbocycles. The summed E-state index contributed by atoms with van der Waals surface area (Å²) in [5.41, 5.74) is 0. The summed E-state index contributed by atoms with van der Waals surface area (Å²) in [6.07, 6.45) is 2.49. The van der Waals surface area contributed by atoms with Gasteiger partial charge in [-0.1, -0.05) is 6.07 Å². The summed E-state index contributed by atoms with van der Waals surface area (Å²) in [4.78, 5) is 22.9. The molecule has 0 radical (unpaired) electrons. The highest BCUT2D eigenvalue weighted by atomic mass is 19.1. The second kappa shape index (κ2) is 8.52. The SMILES string of the molecule is CC(COc1cccc(F)c1)NC(=O)NC1CCC(C(=O)O)CC1. The molecule has 0 aliphatic heterocycles. The van der Waals surface area contributed by atoms with Crippen molar-refractivity contribution in [1.29, 1.82) is 0 Å². The van der Waals surface area contributed by atoms with E-state index in [1.807, 2.05) is 0 Å². The molecule has 132 valence electrons. The molecule has 2 amide bonds. The second-order valence-electron chi connectivity index (χ2n) is 6.17. The summed E-state index contributed by atoms with van der Waals surface area (Å²) in [6.45, 7) is 2.02. The zero-order chi connectivity index (χ0) is 17.5. The lowest BCUT2D eigenvalue weighted by molar-refractivity contribution is -0.142. The molecule has 0 saturated heterocycles. The first-order valence-electron chi connectivity index (χ1n) is 8.12. The number of benzene rings is 1. The van der Waals surface area contributed by atoms with Crippen molar-refractivity contribution in [2.75, 3.05) is 6.61 Å². The van der Waals surface area contributed by atoms with Gasteiger partial charge in [0.15, 0.2) is 0 Å². The van der Waals surface area contributed by atoms with E-state index in [0.29, 0.717) is 31.4 Å². The number of nitrogens with one attached hydrogen (secondary N) is 2. The largest absolute Gasteiger partial charge is 0.491 e. The molecule has 3 N–H and O–H groups in total. The number of carbonyl (C=O) groups is 2. The predicted octanol–water partition coefficient (Wildman–Crippen LogP) is 2.54. The molecule has 1 unspecified atom stereocenters. The standard InChI is InChI=1S/C17H23FN2O4/c1-11(10-24-15-4-2-3-13(18)9-15)19-17(23)20-14-7-5-12(6-8-14)16(21)22/h2-4,9,11-12,14H,5-8,10H2,1H3,(H,21,22)(H2,19,20,23). The summed E-state index contributed by atoms with van der Waals surface area (Å²) in [5.74, 6) is -1.02. The van der Waals surface area contributed by atoms with Crippen LogP contribution in [-0.4, -0.2) is 35.8 Å². The maximum Gasteiger partial charge on any atom is 0.315 e. The molecule has 24 heavy (non-hydrogen) atoms. The van der Waals surface area contributed by atoms with Gasteiger partial charge in [-0.2, -0.15) is 0 Å². The van der Waals surface area contributed by atoms with Gasteiger partial charge in [0, 0.05) is 12.1 Å². The summed E-state index contributed by atoms with van der Waals surface area (Å²) < 4.78 is 18.5. The van der Waals surface area contributed by atoms with Gasteiger partial charge in [0.1, 0.15) is 18.2 Å². The van der Waals surface area contributed by atoms with Gasteiger partial charge in [0.25, 0.3) is 0 Å². The van der Waals surface area contributed by atoms with Crippen molar-refractivity contribution >= 4 is 12.0 Å². The Morgan fingerprint density at radius 1 is 1.33 bits per heavy atom. The van der Waals surface area contributed by atoms with Crippen molar-refractivity contribution < 1.29 is 23.8 Å². The zero-order valence-corrected chi connectivity index (χ0v) is 13.6. The number of hydrogen-bond donors (Lipinski definition) is 3. The fourth-order valence-corrected chi connectivity index (χ4v) is 2.76. The van der Waals surface area contributed by atoms with E-state index >= 15 is 0 Å². The minimum Gasteiger partial charge on any atom is -0.491 e. The quantitative estimate of drug-likeness (QED) is 0.744. The Morgan fingerprint density at radius 2 is 2.04 bits per heavy atom. The molecule has 1 aliphatic rings. The lowest BCUT2D eigenvalue weighted by atomic mass is 9.86. The maximum atomic E-state index is 13.0. The minimum absolute atomic E-state index is 0.00284. The third-order valence-electron chi connectivity index (χ3n) is 4.09.